The summed E-state index contributed by atoms with van der Waals surface area (Å²) in [6.45, 7) is 8.81. The van der Waals surface area contributed by atoms with Gasteiger partial charge in [0.15, 0.2) is 0 Å². The first kappa shape index (κ1) is 13.2. The molecule has 1 N–H and O–H groups in total. The number of nitrogens with one attached hydrogen (secondary N) is 1. The molecule has 0 radical (unpaired) electrons. The number of rotatable bonds is 7. The molecule has 0 spiro atoms. The standard InChI is InChI=1S/C12H24N4/c1-5-13-8-11(6-10(2)3)7-12-9-16(4)15-14-12/h9-11,13H,5-8H2,1-4H3. The lowest BCUT2D eigenvalue weighted by Gasteiger charge is -2.18. The Morgan fingerprint density at radius 2 is 2.19 bits per heavy atom. The van der Waals surface area contributed by atoms with Gasteiger partial charge in [0.25, 0.3) is 0 Å². The Balaban J connectivity index is 2.48. The molecule has 0 saturated heterocycles. The normalized spacial score (nSPS) is 13.3. The monoisotopic (exact) mass is 224 g/mol. The Hall–Kier alpha value is -0.900. The molecule has 1 aromatic rings. The van der Waals surface area contributed by atoms with Gasteiger partial charge in [-0.05, 0) is 37.8 Å². The summed E-state index contributed by atoms with van der Waals surface area (Å²) in [6, 6.07) is 0. The maximum absolute atomic E-state index is 4.16. The van der Waals surface area contributed by atoms with Crippen molar-refractivity contribution < 1.29 is 0 Å². The maximum atomic E-state index is 4.16. The first-order valence-electron chi connectivity index (χ1n) is 6.17. The molecule has 0 aromatic carbocycles. The molecule has 0 amide bonds. The molecule has 1 heterocycles. The van der Waals surface area contributed by atoms with E-state index in [1.165, 1.54) is 6.42 Å². The smallest absolute Gasteiger partial charge is 0.0830 e. The minimum absolute atomic E-state index is 0.664. The van der Waals surface area contributed by atoms with E-state index in [0.717, 1.165) is 31.1 Å². The highest BCUT2D eigenvalue weighted by Crippen LogP contribution is 2.15. The second-order valence-corrected chi connectivity index (χ2v) is 4.89. The molecule has 0 saturated carbocycles. The third-order valence-corrected chi connectivity index (χ3v) is 2.64. The third-order valence-electron chi connectivity index (χ3n) is 2.64. The van der Waals surface area contributed by atoms with Crippen molar-refractivity contribution in [1.29, 1.82) is 0 Å². The van der Waals surface area contributed by atoms with Gasteiger partial charge in [-0.3, -0.25) is 4.68 Å². The Bertz CT molecular complexity index is 293. The zero-order chi connectivity index (χ0) is 12.0. The minimum atomic E-state index is 0.664. The van der Waals surface area contributed by atoms with Crippen LogP contribution in [0.5, 0.6) is 0 Å². The molecule has 4 nitrogen and oxygen atoms in total. The van der Waals surface area contributed by atoms with Gasteiger partial charge in [0.05, 0.1) is 5.69 Å². The lowest BCUT2D eigenvalue weighted by Crippen LogP contribution is -2.25. The van der Waals surface area contributed by atoms with E-state index in [1.54, 1.807) is 4.68 Å². The van der Waals surface area contributed by atoms with Crippen molar-refractivity contribution in [3.05, 3.63) is 11.9 Å². The average molecular weight is 224 g/mol. The second kappa shape index (κ2) is 6.63. The summed E-state index contributed by atoms with van der Waals surface area (Å²) in [5, 5.41) is 11.6. The van der Waals surface area contributed by atoms with Gasteiger partial charge < -0.3 is 5.32 Å². The Kier molecular flexibility index (Phi) is 5.46. The SMILES string of the molecule is CCNCC(Cc1cn(C)nn1)CC(C)C. The first-order valence-corrected chi connectivity index (χ1v) is 6.17. The van der Waals surface area contributed by atoms with Crippen molar-refractivity contribution in [1.82, 2.24) is 20.3 Å². The fourth-order valence-electron chi connectivity index (χ4n) is 2.04. The zero-order valence-corrected chi connectivity index (χ0v) is 10.9. The molecule has 4 heteroatoms. The van der Waals surface area contributed by atoms with E-state index in [2.05, 4.69) is 36.4 Å². The number of hydrogen-bond donors (Lipinski definition) is 1. The molecular formula is C12H24N4. The molecule has 1 unspecified atom stereocenters. The predicted octanol–water partition coefficient (Wildman–Crippen LogP) is 1.63. The minimum Gasteiger partial charge on any atom is -0.317 e. The van der Waals surface area contributed by atoms with Crippen LogP contribution in [0.25, 0.3) is 0 Å². The van der Waals surface area contributed by atoms with E-state index in [9.17, 15) is 0 Å². The highest BCUT2D eigenvalue weighted by Gasteiger charge is 2.13. The molecule has 1 rings (SSSR count). The summed E-state index contributed by atoms with van der Waals surface area (Å²) in [5.41, 5.74) is 1.10. The molecular weight excluding hydrogens is 200 g/mol. The zero-order valence-electron chi connectivity index (χ0n) is 10.9. The fraction of sp³-hybridized carbons (Fsp3) is 0.833. The van der Waals surface area contributed by atoms with Crippen molar-refractivity contribution in [2.75, 3.05) is 13.1 Å². The summed E-state index contributed by atoms with van der Waals surface area (Å²) in [5.74, 6) is 1.40. The van der Waals surface area contributed by atoms with Crippen LogP contribution < -0.4 is 5.32 Å². The Labute approximate surface area is 98.4 Å². The molecule has 0 aliphatic heterocycles. The van der Waals surface area contributed by atoms with Crippen LogP contribution in [0, 0.1) is 11.8 Å². The van der Waals surface area contributed by atoms with Gasteiger partial charge in [-0.2, -0.15) is 0 Å². The van der Waals surface area contributed by atoms with Crippen LogP contribution in [-0.2, 0) is 13.5 Å². The summed E-state index contributed by atoms with van der Waals surface area (Å²) in [4.78, 5) is 0. The lowest BCUT2D eigenvalue weighted by molar-refractivity contribution is 0.385. The van der Waals surface area contributed by atoms with Crippen LogP contribution in [-0.4, -0.2) is 28.1 Å². The second-order valence-electron chi connectivity index (χ2n) is 4.89. The quantitative estimate of drug-likeness (QED) is 0.765. The van der Waals surface area contributed by atoms with E-state index < -0.39 is 0 Å². The lowest BCUT2D eigenvalue weighted by atomic mass is 9.93. The van der Waals surface area contributed by atoms with Gasteiger partial charge in [-0.25, -0.2) is 0 Å². The highest BCUT2D eigenvalue weighted by molar-refractivity contribution is 4.94. The fourth-order valence-corrected chi connectivity index (χ4v) is 2.04. The largest absolute Gasteiger partial charge is 0.317 e. The maximum Gasteiger partial charge on any atom is 0.0830 e. The molecule has 0 bridgehead atoms. The van der Waals surface area contributed by atoms with Gasteiger partial charge >= 0.3 is 0 Å². The molecule has 16 heavy (non-hydrogen) atoms. The van der Waals surface area contributed by atoms with Crippen LogP contribution in [0.3, 0.4) is 0 Å². The van der Waals surface area contributed by atoms with Crippen LogP contribution >= 0.6 is 0 Å². The van der Waals surface area contributed by atoms with Crippen molar-refractivity contribution in [2.24, 2.45) is 18.9 Å². The summed E-state index contributed by atoms with van der Waals surface area (Å²) < 4.78 is 1.77. The molecule has 0 aliphatic carbocycles. The van der Waals surface area contributed by atoms with Crippen molar-refractivity contribution in [3.8, 4) is 0 Å². The topological polar surface area (TPSA) is 42.7 Å². The number of nitrogens with zero attached hydrogens (tertiary/aromatic N) is 3. The van der Waals surface area contributed by atoms with E-state index in [-0.39, 0.29) is 0 Å². The average Bonchev–Trinajstić information content (AvgIpc) is 2.59. The van der Waals surface area contributed by atoms with E-state index in [1.807, 2.05) is 13.2 Å². The number of hydrogen-bond acceptors (Lipinski definition) is 3. The predicted molar refractivity (Wildman–Crippen MR) is 66.2 cm³/mol. The molecule has 1 aromatic heterocycles. The molecule has 0 aliphatic rings. The summed E-state index contributed by atoms with van der Waals surface area (Å²) in [7, 11) is 1.91. The van der Waals surface area contributed by atoms with Gasteiger partial charge in [0.2, 0.25) is 0 Å². The van der Waals surface area contributed by atoms with Gasteiger partial charge in [-0.15, -0.1) is 5.10 Å². The van der Waals surface area contributed by atoms with E-state index >= 15 is 0 Å². The molecule has 0 fully saturated rings. The number of aryl methyl sites for hydroxylation is 1. The Morgan fingerprint density at radius 3 is 2.69 bits per heavy atom. The summed E-state index contributed by atoms with van der Waals surface area (Å²) >= 11 is 0. The van der Waals surface area contributed by atoms with Gasteiger partial charge in [0, 0.05) is 13.2 Å². The van der Waals surface area contributed by atoms with Crippen molar-refractivity contribution in [3.63, 3.8) is 0 Å². The molecule has 1 atom stereocenters. The van der Waals surface area contributed by atoms with E-state index in [0.29, 0.717) is 5.92 Å². The van der Waals surface area contributed by atoms with Crippen LogP contribution in [0.2, 0.25) is 0 Å². The van der Waals surface area contributed by atoms with Crippen LogP contribution in [0.15, 0.2) is 6.20 Å². The van der Waals surface area contributed by atoms with Crippen LogP contribution in [0.1, 0.15) is 32.9 Å². The number of aromatic nitrogens is 3. The van der Waals surface area contributed by atoms with Gasteiger partial charge in [0.1, 0.15) is 0 Å². The first-order chi connectivity index (χ1) is 7.61. The summed E-state index contributed by atoms with van der Waals surface area (Å²) in [6.07, 6.45) is 4.28. The Morgan fingerprint density at radius 1 is 1.44 bits per heavy atom. The van der Waals surface area contributed by atoms with E-state index in [4.69, 9.17) is 0 Å². The van der Waals surface area contributed by atoms with Crippen LogP contribution in [0.4, 0.5) is 0 Å². The third kappa shape index (κ3) is 4.75. The van der Waals surface area contributed by atoms with Crippen molar-refractivity contribution in [2.45, 2.75) is 33.6 Å². The van der Waals surface area contributed by atoms with Gasteiger partial charge in [-0.1, -0.05) is 26.0 Å². The van der Waals surface area contributed by atoms with Crippen molar-refractivity contribution >= 4 is 0 Å². The molecule has 92 valence electrons. The highest BCUT2D eigenvalue weighted by atomic mass is 15.4.